The first-order chi connectivity index (χ1) is 12.8. The highest BCUT2D eigenvalue weighted by Gasteiger charge is 2.36. The number of ether oxygens (including phenoxy) is 2. The minimum absolute atomic E-state index is 0.227. The molecule has 1 aliphatic heterocycles. The van der Waals surface area contributed by atoms with E-state index in [2.05, 4.69) is 0 Å². The first kappa shape index (κ1) is 18.6. The van der Waals surface area contributed by atoms with Gasteiger partial charge in [-0.2, -0.15) is 0 Å². The van der Waals surface area contributed by atoms with Crippen molar-refractivity contribution in [1.82, 2.24) is 0 Å². The molecular formula is C20H17F2NO4. The van der Waals surface area contributed by atoms with Crippen molar-refractivity contribution in [1.29, 1.82) is 0 Å². The summed E-state index contributed by atoms with van der Waals surface area (Å²) in [6.45, 7) is 2.24. The summed E-state index contributed by atoms with van der Waals surface area (Å²) in [4.78, 5) is 11.0. The summed E-state index contributed by atoms with van der Waals surface area (Å²) in [5.74, 6) is -0.502. The highest BCUT2D eigenvalue weighted by molar-refractivity contribution is 5.95. The van der Waals surface area contributed by atoms with Crippen LogP contribution in [-0.2, 0) is 0 Å². The van der Waals surface area contributed by atoms with E-state index in [1.54, 1.807) is 24.3 Å². The maximum atomic E-state index is 14.0. The number of fused-ring (bicyclic) bond motifs is 3. The lowest BCUT2D eigenvalue weighted by molar-refractivity contribution is -0.432. The minimum Gasteiger partial charge on any atom is -0.497 e. The number of hydrogen-bond acceptors (Lipinski definition) is 4. The lowest BCUT2D eigenvalue weighted by Crippen LogP contribution is -2.29. The van der Waals surface area contributed by atoms with E-state index in [0.717, 1.165) is 25.3 Å². The maximum absolute atomic E-state index is 14.0. The molecule has 1 heterocycles. The van der Waals surface area contributed by atoms with Crippen LogP contribution in [0.1, 0.15) is 19.4 Å². The van der Waals surface area contributed by atoms with E-state index in [1.807, 2.05) is 6.07 Å². The Labute approximate surface area is 154 Å². The highest BCUT2D eigenvalue weighted by Crippen LogP contribution is 2.39. The van der Waals surface area contributed by atoms with Crippen LogP contribution < -0.4 is 9.47 Å². The SMILES string of the molecule is COc1ccc2ccc3c(c2c1)C=C([N+](=O)[O-])C(C(/C=C(\C)F)=C(/C)F)O3. The average Bonchev–Trinajstić information content (AvgIpc) is 2.63. The number of halogens is 2. The quantitative estimate of drug-likeness (QED) is 0.412. The summed E-state index contributed by atoms with van der Waals surface area (Å²) in [5.41, 5.74) is -0.108. The zero-order valence-corrected chi connectivity index (χ0v) is 15.0. The maximum Gasteiger partial charge on any atom is 0.291 e. The molecule has 2 aromatic carbocycles. The van der Waals surface area contributed by atoms with Gasteiger partial charge in [0.25, 0.3) is 5.70 Å². The van der Waals surface area contributed by atoms with Crippen molar-refractivity contribution in [3.05, 3.63) is 75.0 Å². The Morgan fingerprint density at radius 1 is 1.26 bits per heavy atom. The van der Waals surface area contributed by atoms with E-state index in [0.29, 0.717) is 22.4 Å². The molecule has 0 spiro atoms. The molecule has 0 saturated heterocycles. The molecule has 27 heavy (non-hydrogen) atoms. The normalized spacial score (nSPS) is 17.6. The van der Waals surface area contributed by atoms with Crippen LogP contribution in [0.3, 0.4) is 0 Å². The van der Waals surface area contributed by atoms with Gasteiger partial charge in [0.15, 0.2) is 0 Å². The van der Waals surface area contributed by atoms with Crippen LogP contribution in [-0.4, -0.2) is 18.1 Å². The van der Waals surface area contributed by atoms with Gasteiger partial charge in [0.1, 0.15) is 17.3 Å². The predicted molar refractivity (Wildman–Crippen MR) is 98.6 cm³/mol. The second-order valence-corrected chi connectivity index (χ2v) is 6.11. The van der Waals surface area contributed by atoms with Gasteiger partial charge in [-0.25, -0.2) is 8.78 Å². The van der Waals surface area contributed by atoms with Crippen LogP contribution in [0.4, 0.5) is 8.78 Å². The third-order valence-corrected chi connectivity index (χ3v) is 4.28. The number of nitrogens with zero attached hydrogens (tertiary/aromatic N) is 1. The van der Waals surface area contributed by atoms with Crippen LogP contribution in [0.5, 0.6) is 11.5 Å². The molecule has 1 unspecified atom stereocenters. The molecular weight excluding hydrogens is 356 g/mol. The van der Waals surface area contributed by atoms with Gasteiger partial charge in [-0.05, 0) is 48.9 Å². The minimum atomic E-state index is -1.36. The number of allylic oxidation sites excluding steroid dienone is 2. The molecule has 0 bridgehead atoms. The molecule has 0 radical (unpaired) electrons. The lowest BCUT2D eigenvalue weighted by Gasteiger charge is -2.24. The molecule has 0 aliphatic carbocycles. The molecule has 140 valence electrons. The molecule has 0 fully saturated rings. The van der Waals surface area contributed by atoms with Gasteiger partial charge < -0.3 is 9.47 Å². The van der Waals surface area contributed by atoms with Crippen molar-refractivity contribution in [3.8, 4) is 11.5 Å². The Morgan fingerprint density at radius 2 is 1.96 bits per heavy atom. The number of hydrogen-bond donors (Lipinski definition) is 0. The van der Waals surface area contributed by atoms with Gasteiger partial charge in [-0.1, -0.05) is 12.1 Å². The van der Waals surface area contributed by atoms with Crippen molar-refractivity contribution < 1.29 is 23.2 Å². The molecule has 0 aromatic heterocycles. The van der Waals surface area contributed by atoms with Crippen molar-refractivity contribution in [2.24, 2.45) is 0 Å². The van der Waals surface area contributed by atoms with Crippen molar-refractivity contribution in [2.75, 3.05) is 7.11 Å². The standard InChI is InChI=1S/C20H17F2NO4/c1-11(21)8-15(12(2)22)20-18(23(24)25)10-17-16-9-14(26-3)6-4-13(16)5-7-19(17)27-20/h4-10,20H,1-3H3/b11-8+,15-12-. The third-order valence-electron chi connectivity index (χ3n) is 4.28. The van der Waals surface area contributed by atoms with Gasteiger partial charge in [0, 0.05) is 17.2 Å². The second-order valence-electron chi connectivity index (χ2n) is 6.11. The summed E-state index contributed by atoms with van der Waals surface area (Å²) < 4.78 is 38.4. The van der Waals surface area contributed by atoms with Crippen LogP contribution in [0.15, 0.2) is 59.3 Å². The lowest BCUT2D eigenvalue weighted by atomic mass is 9.96. The Balaban J connectivity index is 2.24. The van der Waals surface area contributed by atoms with Crippen LogP contribution in [0, 0.1) is 10.1 Å². The number of nitro groups is 1. The molecule has 3 rings (SSSR count). The van der Waals surface area contributed by atoms with Crippen LogP contribution in [0.2, 0.25) is 0 Å². The molecule has 1 aliphatic rings. The zero-order valence-electron chi connectivity index (χ0n) is 15.0. The first-order valence-corrected chi connectivity index (χ1v) is 8.15. The summed E-state index contributed by atoms with van der Waals surface area (Å²) in [6, 6.07) is 8.79. The summed E-state index contributed by atoms with van der Waals surface area (Å²) in [7, 11) is 1.52. The van der Waals surface area contributed by atoms with Crippen molar-refractivity contribution >= 4 is 16.8 Å². The van der Waals surface area contributed by atoms with Gasteiger partial charge in [-0.3, -0.25) is 10.1 Å². The number of benzene rings is 2. The van der Waals surface area contributed by atoms with Gasteiger partial charge in [0.05, 0.1) is 17.9 Å². The molecule has 0 N–H and O–H groups in total. The molecule has 7 heteroatoms. The molecule has 0 saturated carbocycles. The topological polar surface area (TPSA) is 61.6 Å². The predicted octanol–water partition coefficient (Wildman–Crippen LogP) is 5.34. The number of rotatable bonds is 4. The largest absolute Gasteiger partial charge is 0.497 e. The van der Waals surface area contributed by atoms with E-state index in [-0.39, 0.29) is 11.3 Å². The van der Waals surface area contributed by atoms with Gasteiger partial charge in [-0.15, -0.1) is 0 Å². The van der Waals surface area contributed by atoms with Crippen molar-refractivity contribution in [3.63, 3.8) is 0 Å². The Hall–Kier alpha value is -3.22. The Kier molecular flexibility index (Phi) is 4.94. The Morgan fingerprint density at radius 3 is 2.56 bits per heavy atom. The fourth-order valence-electron chi connectivity index (χ4n) is 3.03. The molecule has 0 amide bonds. The van der Waals surface area contributed by atoms with Gasteiger partial charge >= 0.3 is 0 Å². The van der Waals surface area contributed by atoms with Crippen LogP contribution in [0.25, 0.3) is 16.8 Å². The van der Waals surface area contributed by atoms with E-state index in [1.165, 1.54) is 13.2 Å². The van der Waals surface area contributed by atoms with Crippen LogP contribution >= 0.6 is 0 Å². The highest BCUT2D eigenvalue weighted by atomic mass is 19.1. The monoisotopic (exact) mass is 373 g/mol. The van der Waals surface area contributed by atoms with E-state index in [4.69, 9.17) is 9.47 Å². The average molecular weight is 373 g/mol. The third kappa shape index (κ3) is 3.53. The summed E-state index contributed by atoms with van der Waals surface area (Å²) >= 11 is 0. The fourth-order valence-corrected chi connectivity index (χ4v) is 3.03. The summed E-state index contributed by atoms with van der Waals surface area (Å²) in [6.07, 6.45) is 0.897. The summed E-state index contributed by atoms with van der Waals surface area (Å²) in [5, 5.41) is 13.2. The van der Waals surface area contributed by atoms with Gasteiger partial charge in [0.2, 0.25) is 6.10 Å². The second kappa shape index (κ2) is 7.19. The number of methoxy groups -OCH3 is 1. The smallest absolute Gasteiger partial charge is 0.291 e. The Bertz CT molecular complexity index is 1020. The molecule has 5 nitrogen and oxygen atoms in total. The van der Waals surface area contributed by atoms with Crippen molar-refractivity contribution in [2.45, 2.75) is 20.0 Å². The fraction of sp³-hybridized carbons (Fsp3) is 0.200. The van der Waals surface area contributed by atoms with E-state index in [9.17, 15) is 18.9 Å². The molecule has 1 atom stereocenters. The zero-order chi connectivity index (χ0) is 19.7. The van der Waals surface area contributed by atoms with E-state index < -0.39 is 22.7 Å². The first-order valence-electron chi connectivity index (χ1n) is 8.15. The van der Waals surface area contributed by atoms with E-state index >= 15 is 0 Å². The molecule has 2 aromatic rings.